The fourth-order valence-electron chi connectivity index (χ4n) is 2.81. The second-order valence-electron chi connectivity index (χ2n) is 5.42. The van der Waals surface area contributed by atoms with Crippen LogP contribution in [0.5, 0.6) is 0 Å². The molecule has 0 spiro atoms. The molecule has 2 aromatic heterocycles. The van der Waals surface area contributed by atoms with Crippen molar-refractivity contribution in [3.8, 4) is 11.3 Å². The Morgan fingerprint density at radius 2 is 2.26 bits per heavy atom. The lowest BCUT2D eigenvalue weighted by atomic mass is 10.0. The monoisotopic (exact) mass is 256 g/mol. The van der Waals surface area contributed by atoms with Crippen LogP contribution in [0.1, 0.15) is 19.8 Å². The van der Waals surface area contributed by atoms with Gasteiger partial charge in [0, 0.05) is 30.7 Å². The lowest BCUT2D eigenvalue weighted by molar-refractivity contribution is 0.140. The van der Waals surface area contributed by atoms with E-state index in [4.69, 9.17) is 0 Å². The first-order valence-corrected chi connectivity index (χ1v) is 6.97. The third-order valence-corrected chi connectivity index (χ3v) is 3.75. The van der Waals surface area contributed by atoms with Gasteiger partial charge in [0.1, 0.15) is 0 Å². The smallest absolute Gasteiger partial charge is 0.0936 e. The maximum atomic E-state index is 4.46. The van der Waals surface area contributed by atoms with Gasteiger partial charge in [-0.15, -0.1) is 0 Å². The zero-order valence-corrected chi connectivity index (χ0v) is 11.4. The summed E-state index contributed by atoms with van der Waals surface area (Å²) in [6.45, 7) is 5.56. The van der Waals surface area contributed by atoms with Gasteiger partial charge < -0.3 is 0 Å². The van der Waals surface area contributed by atoms with Gasteiger partial charge in [0.25, 0.3) is 0 Å². The standard InChI is InChI=1S/C15H20N4/c1-13-4-3-9-18(11-13)12-19-15(6-8-17-19)14-5-2-7-16-10-14/h2,5-8,10,13H,3-4,9,11-12H2,1H3. The van der Waals surface area contributed by atoms with Crippen LogP contribution in [-0.4, -0.2) is 32.8 Å². The van der Waals surface area contributed by atoms with Crippen molar-refractivity contribution in [1.29, 1.82) is 0 Å². The van der Waals surface area contributed by atoms with Gasteiger partial charge in [0.15, 0.2) is 0 Å². The highest BCUT2D eigenvalue weighted by Crippen LogP contribution is 2.20. The number of hydrogen-bond acceptors (Lipinski definition) is 3. The Morgan fingerprint density at radius 3 is 3.05 bits per heavy atom. The minimum absolute atomic E-state index is 0.797. The summed E-state index contributed by atoms with van der Waals surface area (Å²) < 4.78 is 2.08. The molecular weight excluding hydrogens is 236 g/mol. The largest absolute Gasteiger partial charge is 0.284 e. The predicted octanol–water partition coefficient (Wildman–Crippen LogP) is 2.63. The molecule has 0 amide bonds. The van der Waals surface area contributed by atoms with E-state index in [-0.39, 0.29) is 0 Å². The van der Waals surface area contributed by atoms with E-state index in [1.54, 1.807) is 6.20 Å². The molecule has 3 rings (SSSR count). The van der Waals surface area contributed by atoms with Gasteiger partial charge in [-0.05, 0) is 43.5 Å². The summed E-state index contributed by atoms with van der Waals surface area (Å²) in [5.41, 5.74) is 2.27. The second kappa shape index (κ2) is 5.53. The first kappa shape index (κ1) is 12.4. The number of rotatable bonds is 3. The third-order valence-electron chi connectivity index (χ3n) is 3.75. The Bertz CT molecular complexity index is 520. The molecule has 0 saturated carbocycles. The molecule has 19 heavy (non-hydrogen) atoms. The van der Waals surface area contributed by atoms with E-state index >= 15 is 0 Å². The molecule has 4 heteroatoms. The van der Waals surface area contributed by atoms with Crippen LogP contribution in [0.2, 0.25) is 0 Å². The van der Waals surface area contributed by atoms with Crippen LogP contribution in [0.25, 0.3) is 11.3 Å². The number of aromatic nitrogens is 3. The molecule has 0 aromatic carbocycles. The Labute approximate surface area is 114 Å². The van der Waals surface area contributed by atoms with Gasteiger partial charge in [-0.25, -0.2) is 0 Å². The van der Waals surface area contributed by atoms with Gasteiger partial charge in [-0.3, -0.25) is 14.6 Å². The van der Waals surface area contributed by atoms with Crippen molar-refractivity contribution >= 4 is 0 Å². The van der Waals surface area contributed by atoms with Crippen LogP contribution in [-0.2, 0) is 6.67 Å². The molecule has 0 aliphatic carbocycles. The normalized spacial score (nSPS) is 20.6. The summed E-state index contributed by atoms with van der Waals surface area (Å²) in [7, 11) is 0. The molecule has 1 unspecified atom stereocenters. The molecule has 100 valence electrons. The van der Waals surface area contributed by atoms with Gasteiger partial charge in [-0.2, -0.15) is 5.10 Å². The van der Waals surface area contributed by atoms with E-state index in [0.29, 0.717) is 0 Å². The van der Waals surface area contributed by atoms with E-state index in [1.165, 1.54) is 25.9 Å². The summed E-state index contributed by atoms with van der Waals surface area (Å²) >= 11 is 0. The quantitative estimate of drug-likeness (QED) is 0.846. The van der Waals surface area contributed by atoms with E-state index in [9.17, 15) is 0 Å². The molecule has 1 aliphatic rings. The Morgan fingerprint density at radius 1 is 1.32 bits per heavy atom. The fraction of sp³-hybridized carbons (Fsp3) is 0.467. The van der Waals surface area contributed by atoms with Gasteiger partial charge >= 0.3 is 0 Å². The average molecular weight is 256 g/mol. The molecule has 1 fully saturated rings. The summed E-state index contributed by atoms with van der Waals surface area (Å²) in [6.07, 6.45) is 8.22. The van der Waals surface area contributed by atoms with Crippen LogP contribution >= 0.6 is 0 Å². The summed E-state index contributed by atoms with van der Waals surface area (Å²) in [5.74, 6) is 0.797. The first-order valence-electron chi connectivity index (χ1n) is 6.97. The Balaban J connectivity index is 1.77. The van der Waals surface area contributed by atoms with E-state index < -0.39 is 0 Å². The minimum atomic E-state index is 0.797. The summed E-state index contributed by atoms with van der Waals surface area (Å²) in [4.78, 5) is 6.67. The molecule has 1 aliphatic heterocycles. The molecular formula is C15H20N4. The predicted molar refractivity (Wildman–Crippen MR) is 75.4 cm³/mol. The second-order valence-corrected chi connectivity index (χ2v) is 5.42. The van der Waals surface area contributed by atoms with Crippen LogP contribution in [0, 0.1) is 5.92 Å². The Hall–Kier alpha value is -1.68. The van der Waals surface area contributed by atoms with Crippen molar-refractivity contribution in [3.63, 3.8) is 0 Å². The van der Waals surface area contributed by atoms with E-state index in [0.717, 1.165) is 23.8 Å². The molecule has 2 aromatic rings. The number of pyridine rings is 1. The van der Waals surface area contributed by atoms with Gasteiger partial charge in [0.2, 0.25) is 0 Å². The molecule has 1 atom stereocenters. The molecule has 3 heterocycles. The molecule has 1 saturated heterocycles. The maximum absolute atomic E-state index is 4.46. The van der Waals surface area contributed by atoms with Gasteiger partial charge in [0.05, 0.1) is 12.4 Å². The van der Waals surface area contributed by atoms with Crippen LogP contribution < -0.4 is 0 Å². The highest BCUT2D eigenvalue weighted by atomic mass is 15.4. The zero-order chi connectivity index (χ0) is 13.1. The van der Waals surface area contributed by atoms with Crippen LogP contribution in [0.4, 0.5) is 0 Å². The molecule has 0 radical (unpaired) electrons. The molecule has 0 N–H and O–H groups in total. The van der Waals surface area contributed by atoms with Gasteiger partial charge in [-0.1, -0.05) is 6.92 Å². The van der Waals surface area contributed by atoms with Crippen LogP contribution in [0.3, 0.4) is 0 Å². The SMILES string of the molecule is CC1CCCN(Cn2nccc2-c2cccnc2)C1. The number of likely N-dealkylation sites (tertiary alicyclic amines) is 1. The highest BCUT2D eigenvalue weighted by molar-refractivity contribution is 5.57. The number of piperidine rings is 1. The van der Waals surface area contributed by atoms with E-state index in [2.05, 4.69) is 38.7 Å². The number of nitrogens with zero attached hydrogens (tertiary/aromatic N) is 4. The van der Waals surface area contributed by atoms with Crippen LogP contribution in [0.15, 0.2) is 36.8 Å². The average Bonchev–Trinajstić information content (AvgIpc) is 2.88. The number of hydrogen-bond donors (Lipinski definition) is 0. The summed E-state index contributed by atoms with van der Waals surface area (Å²) in [6, 6.07) is 6.11. The lowest BCUT2D eigenvalue weighted by Gasteiger charge is -2.31. The molecule has 4 nitrogen and oxygen atoms in total. The third kappa shape index (κ3) is 2.84. The van der Waals surface area contributed by atoms with Crippen molar-refractivity contribution in [2.75, 3.05) is 13.1 Å². The molecule has 0 bridgehead atoms. The van der Waals surface area contributed by atoms with Crippen molar-refractivity contribution in [2.45, 2.75) is 26.4 Å². The zero-order valence-electron chi connectivity index (χ0n) is 11.4. The van der Waals surface area contributed by atoms with Crippen molar-refractivity contribution in [3.05, 3.63) is 36.8 Å². The van der Waals surface area contributed by atoms with Crippen molar-refractivity contribution < 1.29 is 0 Å². The van der Waals surface area contributed by atoms with E-state index in [1.807, 2.05) is 18.5 Å². The Kier molecular flexibility index (Phi) is 3.60. The maximum Gasteiger partial charge on any atom is 0.0936 e. The highest BCUT2D eigenvalue weighted by Gasteiger charge is 2.17. The topological polar surface area (TPSA) is 34.0 Å². The van der Waals surface area contributed by atoms with Crippen molar-refractivity contribution in [1.82, 2.24) is 19.7 Å². The minimum Gasteiger partial charge on any atom is -0.284 e. The lowest BCUT2D eigenvalue weighted by Crippen LogP contribution is -2.36. The van der Waals surface area contributed by atoms with Crippen molar-refractivity contribution in [2.24, 2.45) is 5.92 Å². The summed E-state index contributed by atoms with van der Waals surface area (Å²) in [5, 5.41) is 4.46. The fourth-order valence-corrected chi connectivity index (χ4v) is 2.81. The first-order chi connectivity index (χ1) is 9.33.